The first-order chi connectivity index (χ1) is 8.66. The van der Waals surface area contributed by atoms with Gasteiger partial charge in [0.1, 0.15) is 0 Å². The molecule has 1 aliphatic carbocycles. The van der Waals surface area contributed by atoms with E-state index in [2.05, 4.69) is 31.0 Å². The number of hydrogen-bond acceptors (Lipinski definition) is 3. The lowest BCUT2D eigenvalue weighted by Gasteiger charge is -2.21. The van der Waals surface area contributed by atoms with E-state index in [-0.39, 0.29) is 13.1 Å². The Morgan fingerprint density at radius 1 is 1.17 bits per heavy atom. The molecule has 4 heteroatoms. The van der Waals surface area contributed by atoms with Crippen LogP contribution in [0.5, 0.6) is 5.88 Å². The minimum Gasteiger partial charge on any atom is -0.524 e. The highest BCUT2D eigenvalue weighted by Gasteiger charge is 2.37. The molecule has 0 unspecified atom stereocenters. The Morgan fingerprint density at radius 3 is 2.72 bits per heavy atom. The van der Waals surface area contributed by atoms with Gasteiger partial charge in [-0.05, 0) is 22.8 Å². The fourth-order valence-corrected chi connectivity index (χ4v) is 2.79. The molecular weight excluding hydrogens is 225 g/mol. The molecule has 1 N–H and O–H groups in total. The number of nitrogens with zero attached hydrogens (tertiary/aromatic N) is 1. The van der Waals surface area contributed by atoms with E-state index in [0.717, 1.165) is 11.1 Å². The first kappa shape index (κ1) is 11.3. The molecule has 90 valence electrons. The Hall–Kier alpha value is -1.81. The van der Waals surface area contributed by atoms with E-state index in [1.807, 2.05) is 18.2 Å². The number of pyridine rings is 1. The largest absolute Gasteiger partial charge is 0.524 e. The molecular formula is C14H14BNO2. The highest BCUT2D eigenvalue weighted by Crippen LogP contribution is 2.51. The van der Waals surface area contributed by atoms with Gasteiger partial charge in [0.25, 0.3) is 0 Å². The van der Waals surface area contributed by atoms with Crippen molar-refractivity contribution in [3.63, 3.8) is 0 Å². The van der Waals surface area contributed by atoms with Gasteiger partial charge in [0.2, 0.25) is 5.88 Å². The van der Waals surface area contributed by atoms with Crippen LogP contribution in [-0.2, 0) is 5.41 Å². The maximum atomic E-state index is 8.97. The Balaban J connectivity index is 2.33. The van der Waals surface area contributed by atoms with Gasteiger partial charge in [0.05, 0.1) is 0 Å². The number of hydrogen-bond donors (Lipinski definition) is 1. The van der Waals surface area contributed by atoms with Crippen LogP contribution in [0.25, 0.3) is 11.1 Å². The third kappa shape index (κ3) is 1.39. The summed E-state index contributed by atoms with van der Waals surface area (Å²) < 4.78 is 5.24. The summed E-state index contributed by atoms with van der Waals surface area (Å²) in [5, 5.41) is 8.97. The van der Waals surface area contributed by atoms with Crippen molar-refractivity contribution in [3.8, 4) is 17.0 Å². The van der Waals surface area contributed by atoms with Gasteiger partial charge in [0, 0.05) is 17.2 Å². The molecule has 3 rings (SSSR count). The van der Waals surface area contributed by atoms with Gasteiger partial charge >= 0.3 is 7.69 Å². The fraction of sp³-hybridized carbons (Fsp3) is 0.214. The van der Waals surface area contributed by atoms with Crippen molar-refractivity contribution >= 4 is 7.69 Å². The lowest BCUT2D eigenvalue weighted by molar-refractivity contribution is 0.443. The number of rotatable bonds is 2. The zero-order chi connectivity index (χ0) is 12.8. The Kier molecular flexibility index (Phi) is 2.42. The van der Waals surface area contributed by atoms with Crippen molar-refractivity contribution in [2.24, 2.45) is 0 Å². The summed E-state index contributed by atoms with van der Waals surface area (Å²) in [6.07, 6.45) is 1.73. The fourth-order valence-electron chi connectivity index (χ4n) is 2.79. The van der Waals surface area contributed by atoms with Crippen molar-refractivity contribution in [1.29, 1.82) is 0 Å². The van der Waals surface area contributed by atoms with Crippen molar-refractivity contribution in [3.05, 3.63) is 47.7 Å². The third-order valence-corrected chi connectivity index (χ3v) is 3.66. The van der Waals surface area contributed by atoms with Crippen molar-refractivity contribution in [1.82, 2.24) is 4.98 Å². The normalized spacial score (nSPS) is 14.8. The molecule has 0 radical (unpaired) electrons. The van der Waals surface area contributed by atoms with Crippen molar-refractivity contribution in [2.45, 2.75) is 19.3 Å². The van der Waals surface area contributed by atoms with E-state index in [4.69, 9.17) is 9.68 Å². The van der Waals surface area contributed by atoms with Crippen LogP contribution >= 0.6 is 0 Å². The highest BCUT2D eigenvalue weighted by molar-refractivity contribution is 6.17. The van der Waals surface area contributed by atoms with Gasteiger partial charge in [0.15, 0.2) is 0 Å². The van der Waals surface area contributed by atoms with Crippen LogP contribution in [0, 0.1) is 0 Å². The van der Waals surface area contributed by atoms with Crippen LogP contribution in [0.4, 0.5) is 0 Å². The zero-order valence-corrected chi connectivity index (χ0v) is 10.5. The zero-order valence-electron chi connectivity index (χ0n) is 10.5. The Bertz CT molecular complexity index is 610. The molecule has 0 saturated heterocycles. The summed E-state index contributed by atoms with van der Waals surface area (Å²) in [4.78, 5) is 4.22. The number of benzene rings is 1. The highest BCUT2D eigenvalue weighted by atomic mass is 16.5. The molecule has 3 nitrogen and oxygen atoms in total. The summed E-state index contributed by atoms with van der Waals surface area (Å²) in [6.45, 7) is 4.39. The lowest BCUT2D eigenvalue weighted by Crippen LogP contribution is -2.15. The first-order valence-electron chi connectivity index (χ1n) is 5.99. The summed E-state index contributed by atoms with van der Waals surface area (Å²) in [6, 6.07) is 10.3. The Morgan fingerprint density at radius 2 is 1.94 bits per heavy atom. The van der Waals surface area contributed by atoms with Crippen LogP contribution < -0.4 is 4.65 Å². The average Bonchev–Trinajstić information content (AvgIpc) is 2.61. The molecule has 18 heavy (non-hydrogen) atoms. The van der Waals surface area contributed by atoms with Crippen molar-refractivity contribution in [2.75, 3.05) is 0 Å². The van der Waals surface area contributed by atoms with Gasteiger partial charge in [-0.3, -0.25) is 0 Å². The SMILES string of the molecule is CC1(C)c2ccccc2-c2c1ccnc2OBO. The second-order valence-corrected chi connectivity index (χ2v) is 4.98. The predicted molar refractivity (Wildman–Crippen MR) is 71.8 cm³/mol. The molecule has 0 amide bonds. The van der Waals surface area contributed by atoms with Crippen LogP contribution in [0.1, 0.15) is 25.0 Å². The van der Waals surface area contributed by atoms with E-state index in [0.29, 0.717) is 5.88 Å². The van der Waals surface area contributed by atoms with Gasteiger partial charge in [-0.2, -0.15) is 0 Å². The average molecular weight is 239 g/mol. The lowest BCUT2D eigenvalue weighted by atomic mass is 9.83. The van der Waals surface area contributed by atoms with E-state index < -0.39 is 0 Å². The van der Waals surface area contributed by atoms with Crippen LogP contribution in [-0.4, -0.2) is 17.7 Å². The third-order valence-electron chi connectivity index (χ3n) is 3.66. The van der Waals surface area contributed by atoms with Gasteiger partial charge < -0.3 is 9.68 Å². The van der Waals surface area contributed by atoms with Gasteiger partial charge in [-0.1, -0.05) is 38.1 Å². The molecule has 1 heterocycles. The van der Waals surface area contributed by atoms with Gasteiger partial charge in [-0.25, -0.2) is 4.98 Å². The molecule has 0 atom stereocenters. The van der Waals surface area contributed by atoms with Gasteiger partial charge in [-0.15, -0.1) is 0 Å². The molecule has 0 saturated carbocycles. The molecule has 0 spiro atoms. The smallest absolute Gasteiger partial charge is 0.505 e. The molecule has 1 aromatic carbocycles. The second kappa shape index (κ2) is 3.85. The second-order valence-electron chi connectivity index (χ2n) is 4.98. The molecule has 0 aliphatic heterocycles. The van der Waals surface area contributed by atoms with E-state index in [1.54, 1.807) is 6.20 Å². The topological polar surface area (TPSA) is 42.4 Å². The van der Waals surface area contributed by atoms with E-state index in [1.165, 1.54) is 11.1 Å². The summed E-state index contributed by atoms with van der Waals surface area (Å²) in [5.41, 5.74) is 4.57. The molecule has 0 bridgehead atoms. The number of fused-ring (bicyclic) bond motifs is 3. The molecule has 0 fully saturated rings. The first-order valence-corrected chi connectivity index (χ1v) is 5.99. The molecule has 2 aromatic rings. The monoisotopic (exact) mass is 239 g/mol. The summed E-state index contributed by atoms with van der Waals surface area (Å²) >= 11 is 0. The minimum absolute atomic E-state index is 0.0531. The van der Waals surface area contributed by atoms with Crippen molar-refractivity contribution < 1.29 is 9.68 Å². The van der Waals surface area contributed by atoms with Crippen LogP contribution in [0.15, 0.2) is 36.5 Å². The van der Waals surface area contributed by atoms with Crippen LogP contribution in [0.2, 0.25) is 0 Å². The predicted octanol–water partition coefficient (Wildman–Crippen LogP) is 2.03. The number of aromatic nitrogens is 1. The summed E-state index contributed by atoms with van der Waals surface area (Å²) in [5.74, 6) is 0.507. The summed E-state index contributed by atoms with van der Waals surface area (Å²) in [7, 11) is -0.355. The minimum atomic E-state index is -0.355. The molecule has 1 aliphatic rings. The Labute approximate surface area is 107 Å². The maximum absolute atomic E-state index is 8.97. The molecule has 1 aromatic heterocycles. The maximum Gasteiger partial charge on any atom is 0.505 e. The standard InChI is InChI=1S/C14H14BNO2/c1-14(2)10-6-4-3-5-9(10)12-11(14)7-8-16-13(12)18-15-17/h3-8,15,17H,1-2H3. The van der Waals surface area contributed by atoms with E-state index >= 15 is 0 Å². The van der Waals surface area contributed by atoms with E-state index in [9.17, 15) is 0 Å². The van der Waals surface area contributed by atoms with Crippen LogP contribution in [0.3, 0.4) is 0 Å². The quantitative estimate of drug-likeness (QED) is 0.815.